The van der Waals surface area contributed by atoms with Gasteiger partial charge in [0.05, 0.1) is 19.8 Å². The summed E-state index contributed by atoms with van der Waals surface area (Å²) in [4.78, 5) is 10.5. The Morgan fingerprint density at radius 2 is 2.43 bits per heavy atom. The van der Waals surface area contributed by atoms with Gasteiger partial charge in [-0.25, -0.2) is 4.79 Å². The predicted octanol–water partition coefficient (Wildman–Crippen LogP) is -0.125. The number of ether oxygens (including phenoxy) is 2. The first-order chi connectivity index (χ1) is 6.52. The Balaban J connectivity index is 2.16. The fourth-order valence-corrected chi connectivity index (χ4v) is 1.20. The first-order valence-electron chi connectivity index (χ1n) is 4.63. The number of aliphatic carboxylic acids is 1. The Bertz CT molecular complexity index is 195. The van der Waals surface area contributed by atoms with Crippen LogP contribution in [0.1, 0.15) is 13.3 Å². The molecule has 1 heterocycles. The van der Waals surface area contributed by atoms with Gasteiger partial charge in [-0.2, -0.15) is 0 Å². The molecule has 0 saturated carbocycles. The zero-order valence-electron chi connectivity index (χ0n) is 8.23. The molecule has 1 fully saturated rings. The average Bonchev–Trinajstić information content (AvgIpc) is 2.56. The van der Waals surface area contributed by atoms with E-state index in [2.05, 4.69) is 0 Å². The molecule has 2 N–H and O–H groups in total. The molecule has 0 bridgehead atoms. The van der Waals surface area contributed by atoms with Crippen LogP contribution in [0.4, 0.5) is 0 Å². The van der Waals surface area contributed by atoms with Gasteiger partial charge in [0.1, 0.15) is 0 Å². The summed E-state index contributed by atoms with van der Waals surface area (Å²) in [5, 5.41) is 17.9. The fourth-order valence-electron chi connectivity index (χ4n) is 1.20. The van der Waals surface area contributed by atoms with E-state index in [-0.39, 0.29) is 6.61 Å². The van der Waals surface area contributed by atoms with E-state index in [1.165, 1.54) is 6.92 Å². The summed E-state index contributed by atoms with van der Waals surface area (Å²) in [5.74, 6) is -0.931. The monoisotopic (exact) mass is 204 g/mol. The van der Waals surface area contributed by atoms with Crippen molar-refractivity contribution in [2.45, 2.75) is 18.9 Å². The third kappa shape index (κ3) is 3.25. The van der Waals surface area contributed by atoms with Crippen molar-refractivity contribution in [1.82, 2.24) is 0 Å². The summed E-state index contributed by atoms with van der Waals surface area (Å²) in [5.41, 5.74) is -1.79. The minimum atomic E-state index is -1.79. The Morgan fingerprint density at radius 3 is 2.93 bits per heavy atom. The molecule has 0 spiro atoms. The van der Waals surface area contributed by atoms with Gasteiger partial charge in [0, 0.05) is 12.5 Å². The molecule has 1 aliphatic rings. The molecule has 1 saturated heterocycles. The molecular formula is C9H16O5. The van der Waals surface area contributed by atoms with E-state index in [9.17, 15) is 9.90 Å². The first kappa shape index (κ1) is 11.4. The summed E-state index contributed by atoms with van der Waals surface area (Å²) in [6.07, 6.45) is 0.940. The van der Waals surface area contributed by atoms with Crippen LogP contribution >= 0.6 is 0 Å². The second kappa shape index (κ2) is 4.72. The second-order valence-electron chi connectivity index (χ2n) is 3.82. The summed E-state index contributed by atoms with van der Waals surface area (Å²) in [6.45, 7) is 2.89. The number of carboxylic acid groups (broad SMARTS) is 1. The van der Waals surface area contributed by atoms with Gasteiger partial charge in [0.2, 0.25) is 0 Å². The van der Waals surface area contributed by atoms with Gasteiger partial charge < -0.3 is 19.7 Å². The van der Waals surface area contributed by atoms with Crippen molar-refractivity contribution in [3.63, 3.8) is 0 Å². The van der Waals surface area contributed by atoms with Crippen LogP contribution in [0.5, 0.6) is 0 Å². The average molecular weight is 204 g/mol. The quantitative estimate of drug-likeness (QED) is 0.652. The highest BCUT2D eigenvalue weighted by Gasteiger charge is 2.30. The molecular weight excluding hydrogens is 188 g/mol. The van der Waals surface area contributed by atoms with E-state index >= 15 is 0 Å². The summed E-state index contributed by atoms with van der Waals surface area (Å²) in [7, 11) is 0. The SMILES string of the molecule is CC(O)(COCC1CCOC1)C(=O)O. The van der Waals surface area contributed by atoms with Gasteiger partial charge in [-0.15, -0.1) is 0 Å². The fraction of sp³-hybridized carbons (Fsp3) is 0.889. The van der Waals surface area contributed by atoms with E-state index in [4.69, 9.17) is 14.6 Å². The van der Waals surface area contributed by atoms with Crippen LogP contribution in [0.3, 0.4) is 0 Å². The molecule has 0 aliphatic carbocycles. The van der Waals surface area contributed by atoms with Crippen molar-refractivity contribution in [3.05, 3.63) is 0 Å². The molecule has 0 radical (unpaired) electrons. The molecule has 1 aliphatic heterocycles. The number of hydrogen-bond acceptors (Lipinski definition) is 4. The van der Waals surface area contributed by atoms with Crippen molar-refractivity contribution >= 4 is 5.97 Å². The van der Waals surface area contributed by atoms with Gasteiger partial charge in [-0.1, -0.05) is 0 Å². The van der Waals surface area contributed by atoms with E-state index in [1.54, 1.807) is 0 Å². The van der Waals surface area contributed by atoms with Gasteiger partial charge >= 0.3 is 5.97 Å². The molecule has 0 aromatic rings. The third-order valence-corrected chi connectivity index (χ3v) is 2.22. The van der Waals surface area contributed by atoms with Crippen molar-refractivity contribution < 1.29 is 24.5 Å². The largest absolute Gasteiger partial charge is 0.479 e. The highest BCUT2D eigenvalue weighted by atomic mass is 16.5. The van der Waals surface area contributed by atoms with E-state index in [1.807, 2.05) is 0 Å². The van der Waals surface area contributed by atoms with Crippen LogP contribution in [-0.2, 0) is 14.3 Å². The summed E-state index contributed by atoms with van der Waals surface area (Å²) < 4.78 is 10.3. The van der Waals surface area contributed by atoms with E-state index in [0.717, 1.165) is 13.0 Å². The third-order valence-electron chi connectivity index (χ3n) is 2.22. The van der Waals surface area contributed by atoms with Crippen molar-refractivity contribution in [2.24, 2.45) is 5.92 Å². The maximum atomic E-state index is 10.5. The Hall–Kier alpha value is -0.650. The number of hydrogen-bond donors (Lipinski definition) is 2. The van der Waals surface area contributed by atoms with E-state index < -0.39 is 11.6 Å². The van der Waals surface area contributed by atoms with Crippen LogP contribution in [-0.4, -0.2) is 48.2 Å². The second-order valence-corrected chi connectivity index (χ2v) is 3.82. The topological polar surface area (TPSA) is 76.0 Å². The van der Waals surface area contributed by atoms with Crippen LogP contribution in [0.15, 0.2) is 0 Å². The Morgan fingerprint density at radius 1 is 1.71 bits per heavy atom. The zero-order valence-corrected chi connectivity index (χ0v) is 8.23. The van der Waals surface area contributed by atoms with Gasteiger partial charge in [0.15, 0.2) is 5.60 Å². The predicted molar refractivity (Wildman–Crippen MR) is 48.0 cm³/mol. The Kier molecular flexibility index (Phi) is 3.86. The number of rotatable bonds is 5. The lowest BCUT2D eigenvalue weighted by Gasteiger charge is -2.18. The van der Waals surface area contributed by atoms with Crippen LogP contribution in [0, 0.1) is 5.92 Å². The molecule has 1 rings (SSSR count). The van der Waals surface area contributed by atoms with Crippen molar-refractivity contribution in [1.29, 1.82) is 0 Å². The lowest BCUT2D eigenvalue weighted by atomic mass is 10.1. The molecule has 0 aromatic heterocycles. The summed E-state index contributed by atoms with van der Waals surface area (Å²) >= 11 is 0. The van der Waals surface area contributed by atoms with Crippen molar-refractivity contribution in [2.75, 3.05) is 26.4 Å². The number of aliphatic hydroxyl groups is 1. The molecule has 82 valence electrons. The minimum absolute atomic E-state index is 0.182. The minimum Gasteiger partial charge on any atom is -0.479 e. The van der Waals surface area contributed by atoms with Crippen molar-refractivity contribution in [3.8, 4) is 0 Å². The highest BCUT2D eigenvalue weighted by molar-refractivity contribution is 5.76. The molecule has 14 heavy (non-hydrogen) atoms. The molecule has 5 heteroatoms. The smallest absolute Gasteiger partial charge is 0.337 e. The maximum absolute atomic E-state index is 10.5. The molecule has 2 atom stereocenters. The highest BCUT2D eigenvalue weighted by Crippen LogP contribution is 2.13. The van der Waals surface area contributed by atoms with Crippen LogP contribution in [0.2, 0.25) is 0 Å². The lowest BCUT2D eigenvalue weighted by molar-refractivity contribution is -0.163. The number of carbonyl (C=O) groups is 1. The van der Waals surface area contributed by atoms with Gasteiger partial charge in [-0.3, -0.25) is 0 Å². The molecule has 2 unspecified atom stereocenters. The zero-order chi connectivity index (χ0) is 10.6. The molecule has 0 aromatic carbocycles. The van der Waals surface area contributed by atoms with E-state index in [0.29, 0.717) is 19.1 Å². The Labute approximate surface area is 82.6 Å². The van der Waals surface area contributed by atoms with Crippen LogP contribution in [0.25, 0.3) is 0 Å². The normalized spacial score (nSPS) is 26.0. The molecule has 5 nitrogen and oxygen atoms in total. The van der Waals surface area contributed by atoms with Gasteiger partial charge in [-0.05, 0) is 13.3 Å². The van der Waals surface area contributed by atoms with Crippen LogP contribution < -0.4 is 0 Å². The summed E-state index contributed by atoms with van der Waals surface area (Å²) in [6, 6.07) is 0. The first-order valence-corrected chi connectivity index (χ1v) is 4.63. The molecule has 0 amide bonds. The maximum Gasteiger partial charge on any atom is 0.337 e. The van der Waals surface area contributed by atoms with Gasteiger partial charge in [0.25, 0.3) is 0 Å². The number of carboxylic acids is 1. The standard InChI is InChI=1S/C9H16O5/c1-9(12,8(10)11)6-14-5-7-2-3-13-4-7/h7,12H,2-6H2,1H3,(H,10,11). The lowest BCUT2D eigenvalue weighted by Crippen LogP contribution is -2.40.